The van der Waals surface area contributed by atoms with Crippen LogP contribution in [0.4, 0.5) is 5.69 Å². The Morgan fingerprint density at radius 1 is 1.56 bits per heavy atom. The molecule has 0 aromatic heterocycles. The summed E-state index contributed by atoms with van der Waals surface area (Å²) >= 11 is 3.33. The van der Waals surface area contributed by atoms with Crippen LogP contribution in [-0.2, 0) is 11.3 Å². The Bertz CT molecular complexity index is 433. The lowest BCUT2D eigenvalue weighted by atomic mass is 10.2. The van der Waals surface area contributed by atoms with Crippen LogP contribution in [0.1, 0.15) is 18.4 Å². The average molecular weight is 315 g/mol. The first-order valence-corrected chi connectivity index (χ1v) is 6.70. The number of hydrogen-bond donors (Lipinski definition) is 1. The Labute approximate surface area is 114 Å². The first-order chi connectivity index (χ1) is 8.66. The third-order valence-corrected chi connectivity index (χ3v) is 3.72. The fourth-order valence-electron chi connectivity index (χ4n) is 1.98. The van der Waals surface area contributed by atoms with Crippen LogP contribution >= 0.6 is 15.9 Å². The molecule has 0 amide bonds. The molecule has 6 heteroatoms. The van der Waals surface area contributed by atoms with Gasteiger partial charge in [-0.3, -0.25) is 10.1 Å². The molecule has 1 unspecified atom stereocenters. The predicted molar refractivity (Wildman–Crippen MR) is 71.5 cm³/mol. The van der Waals surface area contributed by atoms with E-state index in [0.717, 1.165) is 23.0 Å². The van der Waals surface area contributed by atoms with Gasteiger partial charge in [-0.25, -0.2) is 0 Å². The molecule has 1 atom stereocenters. The number of hydrogen-bond acceptors (Lipinski definition) is 4. The van der Waals surface area contributed by atoms with Crippen LogP contribution in [0.2, 0.25) is 0 Å². The van der Waals surface area contributed by atoms with Crippen LogP contribution in [0.25, 0.3) is 0 Å². The second-order valence-electron chi connectivity index (χ2n) is 4.34. The van der Waals surface area contributed by atoms with Gasteiger partial charge in [-0.15, -0.1) is 0 Å². The summed E-state index contributed by atoms with van der Waals surface area (Å²) in [6.07, 6.45) is 2.36. The van der Waals surface area contributed by atoms with Crippen molar-refractivity contribution in [2.24, 2.45) is 0 Å². The molecule has 1 aromatic carbocycles. The Morgan fingerprint density at radius 2 is 2.39 bits per heavy atom. The van der Waals surface area contributed by atoms with Gasteiger partial charge in [0.15, 0.2) is 0 Å². The minimum absolute atomic E-state index is 0.0862. The van der Waals surface area contributed by atoms with Crippen LogP contribution in [0.5, 0.6) is 0 Å². The normalized spacial score (nSPS) is 19.1. The Morgan fingerprint density at radius 3 is 3.00 bits per heavy atom. The van der Waals surface area contributed by atoms with Crippen LogP contribution in [0.15, 0.2) is 22.7 Å². The Kier molecular flexibility index (Phi) is 4.68. The number of non-ortho nitro benzene ring substituents is 1. The number of nitrogens with zero attached hydrogens (tertiary/aromatic N) is 1. The fraction of sp³-hybridized carbons (Fsp3) is 0.500. The van der Waals surface area contributed by atoms with E-state index in [1.54, 1.807) is 6.07 Å². The molecule has 1 aromatic rings. The molecule has 1 aliphatic heterocycles. The van der Waals surface area contributed by atoms with Gasteiger partial charge in [0.1, 0.15) is 0 Å². The van der Waals surface area contributed by atoms with Crippen molar-refractivity contribution < 1.29 is 9.66 Å². The van der Waals surface area contributed by atoms with Gasteiger partial charge in [-0.1, -0.05) is 15.9 Å². The molecule has 1 aliphatic rings. The van der Waals surface area contributed by atoms with Gasteiger partial charge in [-0.2, -0.15) is 0 Å². The molecule has 0 saturated carbocycles. The largest absolute Gasteiger partial charge is 0.375 e. The van der Waals surface area contributed by atoms with Gasteiger partial charge in [-0.05, 0) is 31.0 Å². The number of nitrogens with one attached hydrogen (secondary N) is 1. The average Bonchev–Trinajstić information content (AvgIpc) is 2.84. The van der Waals surface area contributed by atoms with E-state index in [-0.39, 0.29) is 5.69 Å². The molecule has 18 heavy (non-hydrogen) atoms. The van der Waals surface area contributed by atoms with Crippen molar-refractivity contribution in [2.75, 3.05) is 13.2 Å². The van der Waals surface area contributed by atoms with E-state index >= 15 is 0 Å². The standard InChI is InChI=1S/C12H15BrN2O3/c13-12-6-11(15(16)17)4-3-9(12)7-18-8-10-2-1-5-14-10/h3-4,6,10,14H,1-2,5,7-8H2. The molecule has 5 nitrogen and oxygen atoms in total. The minimum atomic E-state index is -0.405. The highest BCUT2D eigenvalue weighted by Crippen LogP contribution is 2.23. The minimum Gasteiger partial charge on any atom is -0.375 e. The number of halogens is 1. The fourth-order valence-corrected chi connectivity index (χ4v) is 2.46. The molecule has 0 spiro atoms. The maximum absolute atomic E-state index is 10.6. The number of nitro benzene ring substituents is 1. The van der Waals surface area contributed by atoms with E-state index in [1.165, 1.54) is 18.6 Å². The molecule has 2 rings (SSSR count). The van der Waals surface area contributed by atoms with Gasteiger partial charge in [0.05, 0.1) is 18.1 Å². The molecular weight excluding hydrogens is 300 g/mol. The monoisotopic (exact) mass is 314 g/mol. The number of rotatable bonds is 5. The summed E-state index contributed by atoms with van der Waals surface area (Å²) in [4.78, 5) is 10.2. The first kappa shape index (κ1) is 13.5. The highest BCUT2D eigenvalue weighted by molar-refractivity contribution is 9.10. The van der Waals surface area contributed by atoms with Crippen molar-refractivity contribution >= 4 is 21.6 Å². The van der Waals surface area contributed by atoms with Crippen LogP contribution in [-0.4, -0.2) is 24.1 Å². The zero-order valence-corrected chi connectivity index (χ0v) is 11.5. The van der Waals surface area contributed by atoms with Crippen molar-refractivity contribution in [3.63, 3.8) is 0 Å². The maximum atomic E-state index is 10.6. The second kappa shape index (κ2) is 6.26. The zero-order chi connectivity index (χ0) is 13.0. The van der Waals surface area contributed by atoms with E-state index < -0.39 is 4.92 Å². The maximum Gasteiger partial charge on any atom is 0.270 e. The van der Waals surface area contributed by atoms with Crippen LogP contribution in [0, 0.1) is 10.1 Å². The van der Waals surface area contributed by atoms with Crippen LogP contribution in [0.3, 0.4) is 0 Å². The van der Waals surface area contributed by atoms with Gasteiger partial charge in [0.25, 0.3) is 5.69 Å². The lowest BCUT2D eigenvalue weighted by Crippen LogP contribution is -2.26. The summed E-state index contributed by atoms with van der Waals surface area (Å²) in [5, 5.41) is 14.0. The lowest BCUT2D eigenvalue weighted by Gasteiger charge is -2.11. The van der Waals surface area contributed by atoms with Gasteiger partial charge >= 0.3 is 0 Å². The summed E-state index contributed by atoms with van der Waals surface area (Å²) in [6.45, 7) is 2.22. The third kappa shape index (κ3) is 3.51. The van der Waals surface area contributed by atoms with E-state index in [4.69, 9.17) is 4.74 Å². The van der Waals surface area contributed by atoms with Crippen molar-refractivity contribution in [1.82, 2.24) is 5.32 Å². The Hall–Kier alpha value is -0.980. The highest BCUT2D eigenvalue weighted by Gasteiger charge is 2.14. The van der Waals surface area contributed by atoms with Gasteiger partial charge in [0, 0.05) is 22.6 Å². The summed E-state index contributed by atoms with van der Waals surface area (Å²) in [5.74, 6) is 0. The third-order valence-electron chi connectivity index (χ3n) is 2.99. The molecular formula is C12H15BrN2O3. The lowest BCUT2D eigenvalue weighted by molar-refractivity contribution is -0.384. The molecule has 0 radical (unpaired) electrons. The summed E-state index contributed by atoms with van der Waals surface area (Å²) in [7, 11) is 0. The van der Waals surface area contributed by atoms with Gasteiger partial charge in [0.2, 0.25) is 0 Å². The molecule has 98 valence electrons. The molecule has 1 N–H and O–H groups in total. The van der Waals surface area contributed by atoms with Crippen molar-refractivity contribution in [2.45, 2.75) is 25.5 Å². The predicted octanol–water partition coefficient (Wildman–Crippen LogP) is 2.63. The summed E-state index contributed by atoms with van der Waals surface area (Å²) in [6, 6.07) is 5.18. The van der Waals surface area contributed by atoms with Crippen LogP contribution < -0.4 is 5.32 Å². The molecule has 0 aliphatic carbocycles. The molecule has 1 fully saturated rings. The SMILES string of the molecule is O=[N+]([O-])c1ccc(COCC2CCCN2)c(Br)c1. The summed E-state index contributed by atoms with van der Waals surface area (Å²) < 4.78 is 6.34. The quantitative estimate of drug-likeness (QED) is 0.670. The first-order valence-electron chi connectivity index (χ1n) is 5.91. The van der Waals surface area contributed by atoms with E-state index in [1.807, 2.05) is 0 Å². The van der Waals surface area contributed by atoms with E-state index in [0.29, 0.717) is 19.3 Å². The number of nitro groups is 1. The van der Waals surface area contributed by atoms with E-state index in [2.05, 4.69) is 21.2 Å². The van der Waals surface area contributed by atoms with E-state index in [9.17, 15) is 10.1 Å². The zero-order valence-electron chi connectivity index (χ0n) is 9.89. The van der Waals surface area contributed by atoms with Crippen molar-refractivity contribution in [1.29, 1.82) is 0 Å². The Balaban J connectivity index is 1.87. The topological polar surface area (TPSA) is 64.4 Å². The van der Waals surface area contributed by atoms with Gasteiger partial charge < -0.3 is 10.1 Å². The molecule has 1 heterocycles. The number of benzene rings is 1. The smallest absolute Gasteiger partial charge is 0.270 e. The molecule has 1 saturated heterocycles. The van der Waals surface area contributed by atoms with Crippen molar-refractivity contribution in [3.05, 3.63) is 38.3 Å². The summed E-state index contributed by atoms with van der Waals surface area (Å²) in [5.41, 5.74) is 1.02. The van der Waals surface area contributed by atoms with Crippen molar-refractivity contribution in [3.8, 4) is 0 Å². The molecule has 0 bridgehead atoms. The highest BCUT2D eigenvalue weighted by atomic mass is 79.9. The second-order valence-corrected chi connectivity index (χ2v) is 5.20. The number of ether oxygens (including phenoxy) is 1.